The standard InChI is InChI=1S/C21H38O8/c1-3-5-7-8-9-10-12-27-20-19(18(17(24)13-22)29-21(20)25)28-15-16(23)14-26-11-6-4-2/h16-18,22-24H,3-15H2,1-2H3/t16?,17-,18+/m0/s1. The maximum Gasteiger partial charge on any atom is 0.378 e. The summed E-state index contributed by atoms with van der Waals surface area (Å²) in [6, 6.07) is 0. The Bertz CT molecular complexity index is 479. The van der Waals surface area contributed by atoms with Crippen LogP contribution in [0.3, 0.4) is 0 Å². The van der Waals surface area contributed by atoms with Gasteiger partial charge in [-0.3, -0.25) is 0 Å². The van der Waals surface area contributed by atoms with Crippen LogP contribution in [0.5, 0.6) is 0 Å². The Balaban J connectivity index is 2.57. The Labute approximate surface area is 173 Å². The molecule has 1 aliphatic rings. The van der Waals surface area contributed by atoms with Crippen LogP contribution in [0.4, 0.5) is 0 Å². The minimum absolute atomic E-state index is 0.00939. The number of aliphatic hydroxyl groups excluding tert-OH is 3. The first-order chi connectivity index (χ1) is 14.0. The third-order valence-corrected chi connectivity index (χ3v) is 4.57. The lowest BCUT2D eigenvalue weighted by molar-refractivity contribution is -0.149. The molecule has 1 aliphatic heterocycles. The number of hydrogen-bond acceptors (Lipinski definition) is 8. The molecule has 0 aromatic heterocycles. The van der Waals surface area contributed by atoms with E-state index >= 15 is 0 Å². The Hall–Kier alpha value is -1.35. The maximum absolute atomic E-state index is 12.1. The molecule has 0 aromatic carbocycles. The second kappa shape index (κ2) is 15.5. The normalized spacial score (nSPS) is 18.7. The number of esters is 1. The average molecular weight is 419 g/mol. The molecule has 0 aliphatic carbocycles. The molecule has 1 rings (SSSR count). The Morgan fingerprint density at radius 3 is 2.31 bits per heavy atom. The minimum atomic E-state index is -1.33. The number of aliphatic hydroxyl groups is 3. The first-order valence-corrected chi connectivity index (χ1v) is 10.8. The number of unbranched alkanes of at least 4 members (excludes halogenated alkanes) is 6. The van der Waals surface area contributed by atoms with Gasteiger partial charge in [0.1, 0.15) is 18.8 Å². The van der Waals surface area contributed by atoms with Crippen LogP contribution in [0.15, 0.2) is 11.5 Å². The molecule has 3 N–H and O–H groups in total. The van der Waals surface area contributed by atoms with Gasteiger partial charge in [0.2, 0.25) is 5.76 Å². The molecule has 29 heavy (non-hydrogen) atoms. The third kappa shape index (κ3) is 9.80. The zero-order valence-corrected chi connectivity index (χ0v) is 17.8. The van der Waals surface area contributed by atoms with Crippen molar-refractivity contribution in [2.75, 3.05) is 33.0 Å². The fourth-order valence-electron chi connectivity index (χ4n) is 2.84. The fraction of sp³-hybridized carbons (Fsp3) is 0.857. The summed E-state index contributed by atoms with van der Waals surface area (Å²) in [6.45, 7) is 4.45. The predicted molar refractivity (Wildman–Crippen MR) is 107 cm³/mol. The molecule has 1 heterocycles. The van der Waals surface area contributed by atoms with Gasteiger partial charge in [-0.2, -0.15) is 0 Å². The summed E-state index contributed by atoms with van der Waals surface area (Å²) in [5.74, 6) is -0.831. The largest absolute Gasteiger partial charge is 0.487 e. The van der Waals surface area contributed by atoms with Crippen molar-refractivity contribution in [2.24, 2.45) is 0 Å². The summed E-state index contributed by atoms with van der Waals surface area (Å²) >= 11 is 0. The van der Waals surface area contributed by atoms with Crippen LogP contribution >= 0.6 is 0 Å². The van der Waals surface area contributed by atoms with Crippen molar-refractivity contribution in [1.29, 1.82) is 0 Å². The van der Waals surface area contributed by atoms with Gasteiger partial charge < -0.3 is 34.3 Å². The lowest BCUT2D eigenvalue weighted by Crippen LogP contribution is -2.33. The molecule has 0 amide bonds. The lowest BCUT2D eigenvalue weighted by atomic mass is 10.1. The zero-order valence-electron chi connectivity index (χ0n) is 17.8. The topological polar surface area (TPSA) is 115 Å². The maximum atomic E-state index is 12.1. The van der Waals surface area contributed by atoms with Crippen molar-refractivity contribution in [3.8, 4) is 0 Å². The van der Waals surface area contributed by atoms with Crippen LogP contribution < -0.4 is 0 Å². The summed E-state index contributed by atoms with van der Waals surface area (Å²) in [5, 5.41) is 29.2. The first-order valence-electron chi connectivity index (χ1n) is 10.8. The number of ether oxygens (including phenoxy) is 4. The molecular formula is C21H38O8. The molecule has 8 nitrogen and oxygen atoms in total. The summed E-state index contributed by atoms with van der Waals surface area (Å²) < 4.78 is 21.6. The van der Waals surface area contributed by atoms with Crippen LogP contribution in [0.2, 0.25) is 0 Å². The molecule has 1 unspecified atom stereocenters. The minimum Gasteiger partial charge on any atom is -0.487 e. The summed E-state index contributed by atoms with van der Waals surface area (Å²) in [4.78, 5) is 12.1. The van der Waals surface area contributed by atoms with Gasteiger partial charge >= 0.3 is 5.97 Å². The van der Waals surface area contributed by atoms with Crippen molar-refractivity contribution in [1.82, 2.24) is 0 Å². The van der Waals surface area contributed by atoms with Crippen LogP contribution in [-0.4, -0.2) is 72.6 Å². The van der Waals surface area contributed by atoms with E-state index in [9.17, 15) is 20.1 Å². The Kier molecular flexibility index (Phi) is 13.7. The number of hydrogen-bond donors (Lipinski definition) is 3. The monoisotopic (exact) mass is 418 g/mol. The van der Waals surface area contributed by atoms with Gasteiger partial charge in [-0.05, 0) is 12.8 Å². The Morgan fingerprint density at radius 1 is 0.931 bits per heavy atom. The molecule has 0 fully saturated rings. The smallest absolute Gasteiger partial charge is 0.378 e. The van der Waals surface area contributed by atoms with Crippen molar-refractivity contribution < 1.29 is 39.1 Å². The van der Waals surface area contributed by atoms with Crippen molar-refractivity contribution in [2.45, 2.75) is 83.5 Å². The number of rotatable bonds is 18. The Morgan fingerprint density at radius 2 is 1.62 bits per heavy atom. The number of cyclic esters (lactones) is 1. The van der Waals surface area contributed by atoms with E-state index in [0.717, 1.165) is 32.1 Å². The van der Waals surface area contributed by atoms with Gasteiger partial charge in [-0.15, -0.1) is 0 Å². The van der Waals surface area contributed by atoms with Crippen LogP contribution in [-0.2, 0) is 23.7 Å². The molecular weight excluding hydrogens is 380 g/mol. The molecule has 0 saturated carbocycles. The molecule has 170 valence electrons. The first kappa shape index (κ1) is 25.7. The molecule has 0 saturated heterocycles. The number of carbonyl (C=O) groups excluding carboxylic acids is 1. The summed E-state index contributed by atoms with van der Waals surface area (Å²) in [6.07, 6.45) is 4.98. The highest BCUT2D eigenvalue weighted by Crippen LogP contribution is 2.27. The van der Waals surface area contributed by atoms with Gasteiger partial charge in [-0.1, -0.05) is 52.4 Å². The van der Waals surface area contributed by atoms with Gasteiger partial charge in [0.15, 0.2) is 11.9 Å². The van der Waals surface area contributed by atoms with E-state index in [1.54, 1.807) is 0 Å². The highest BCUT2D eigenvalue weighted by atomic mass is 16.6. The van der Waals surface area contributed by atoms with E-state index in [2.05, 4.69) is 6.92 Å². The van der Waals surface area contributed by atoms with E-state index in [0.29, 0.717) is 13.2 Å². The fourth-order valence-corrected chi connectivity index (χ4v) is 2.84. The van der Waals surface area contributed by atoms with Crippen molar-refractivity contribution in [3.05, 3.63) is 11.5 Å². The zero-order chi connectivity index (χ0) is 21.5. The molecule has 0 spiro atoms. The molecule has 0 aromatic rings. The van der Waals surface area contributed by atoms with Crippen LogP contribution in [0.1, 0.15) is 65.2 Å². The second-order valence-electron chi connectivity index (χ2n) is 7.28. The number of carbonyl (C=O) groups is 1. The van der Waals surface area contributed by atoms with Crippen molar-refractivity contribution in [3.63, 3.8) is 0 Å². The van der Waals surface area contributed by atoms with Crippen molar-refractivity contribution >= 4 is 5.97 Å². The molecule has 3 atom stereocenters. The summed E-state index contributed by atoms with van der Waals surface area (Å²) in [5.41, 5.74) is 0. The van der Waals surface area contributed by atoms with E-state index in [4.69, 9.17) is 18.9 Å². The van der Waals surface area contributed by atoms with Crippen LogP contribution in [0.25, 0.3) is 0 Å². The van der Waals surface area contributed by atoms with Crippen LogP contribution in [0, 0.1) is 0 Å². The van der Waals surface area contributed by atoms with E-state index in [1.165, 1.54) is 19.3 Å². The average Bonchev–Trinajstić information content (AvgIpc) is 3.03. The quantitative estimate of drug-likeness (QED) is 0.229. The van der Waals surface area contributed by atoms with Gasteiger partial charge in [0.05, 0.1) is 19.8 Å². The van der Waals surface area contributed by atoms with Gasteiger partial charge in [0, 0.05) is 6.61 Å². The summed E-state index contributed by atoms with van der Waals surface area (Å²) in [7, 11) is 0. The molecule has 0 bridgehead atoms. The SMILES string of the molecule is CCCCCCCCOC1=C(OCC(O)COCCCC)[C@@H]([C@@H](O)CO)OC1=O. The predicted octanol–water partition coefficient (Wildman–Crippen LogP) is 2.05. The van der Waals surface area contributed by atoms with E-state index in [1.807, 2.05) is 6.92 Å². The van der Waals surface area contributed by atoms with E-state index in [-0.39, 0.29) is 24.7 Å². The van der Waals surface area contributed by atoms with Gasteiger partial charge in [-0.25, -0.2) is 4.79 Å². The highest BCUT2D eigenvalue weighted by molar-refractivity contribution is 5.89. The second-order valence-corrected chi connectivity index (χ2v) is 7.28. The van der Waals surface area contributed by atoms with E-state index < -0.39 is 30.9 Å². The van der Waals surface area contributed by atoms with Gasteiger partial charge in [0.25, 0.3) is 0 Å². The highest BCUT2D eigenvalue weighted by Gasteiger charge is 2.42. The lowest BCUT2D eigenvalue weighted by Gasteiger charge is -2.20. The molecule has 0 radical (unpaired) electrons. The molecule has 8 heteroatoms. The third-order valence-electron chi connectivity index (χ3n) is 4.57.